The van der Waals surface area contributed by atoms with Crippen molar-refractivity contribution in [2.75, 3.05) is 13.2 Å². The monoisotopic (exact) mass is 339 g/mol. The predicted molar refractivity (Wildman–Crippen MR) is 94.0 cm³/mol. The highest BCUT2D eigenvalue weighted by molar-refractivity contribution is 6.21. The van der Waals surface area contributed by atoms with Crippen LogP contribution < -0.4 is 4.74 Å². The van der Waals surface area contributed by atoms with Gasteiger partial charge >= 0.3 is 0 Å². The molecule has 1 atom stereocenters. The highest BCUT2D eigenvalue weighted by Gasteiger charge is 2.36. The normalized spacial score (nSPS) is 14.6. The quantitative estimate of drug-likeness (QED) is 0.851. The van der Waals surface area contributed by atoms with Gasteiger partial charge in [0.25, 0.3) is 11.8 Å². The van der Waals surface area contributed by atoms with Crippen LogP contribution in [-0.2, 0) is 0 Å². The molecule has 25 heavy (non-hydrogen) atoms. The second-order valence-corrected chi connectivity index (χ2v) is 6.38. The Bertz CT molecular complexity index is 809. The van der Waals surface area contributed by atoms with Crippen molar-refractivity contribution in [3.8, 4) is 5.75 Å². The topological polar surface area (TPSA) is 66.8 Å². The van der Waals surface area contributed by atoms with E-state index < -0.39 is 6.10 Å². The Labute approximate surface area is 146 Å². The first kappa shape index (κ1) is 17.2. The van der Waals surface area contributed by atoms with Crippen molar-refractivity contribution in [1.82, 2.24) is 4.90 Å². The van der Waals surface area contributed by atoms with Crippen molar-refractivity contribution in [2.45, 2.75) is 26.9 Å². The summed E-state index contributed by atoms with van der Waals surface area (Å²) in [5.74, 6) is -0.00783. The van der Waals surface area contributed by atoms with Crippen LogP contribution in [0.15, 0.2) is 36.4 Å². The van der Waals surface area contributed by atoms with Crippen LogP contribution in [0.5, 0.6) is 5.75 Å². The molecular formula is C20H21NO4. The van der Waals surface area contributed by atoms with E-state index in [0.717, 1.165) is 27.3 Å². The summed E-state index contributed by atoms with van der Waals surface area (Å²) >= 11 is 0. The molecule has 0 radical (unpaired) electrons. The average Bonchev–Trinajstić information content (AvgIpc) is 2.84. The molecular weight excluding hydrogens is 318 g/mol. The summed E-state index contributed by atoms with van der Waals surface area (Å²) in [6.07, 6.45) is -0.957. The van der Waals surface area contributed by atoms with Crippen LogP contribution in [0.4, 0.5) is 0 Å². The van der Waals surface area contributed by atoms with Crippen LogP contribution in [-0.4, -0.2) is 41.1 Å². The van der Waals surface area contributed by atoms with Gasteiger partial charge in [0.05, 0.1) is 17.7 Å². The average molecular weight is 339 g/mol. The summed E-state index contributed by atoms with van der Waals surface area (Å²) in [5, 5.41) is 10.3. The number of aryl methyl sites for hydroxylation is 2. The SMILES string of the molecule is Cc1ccc(C)c(OCC(O)CN2C(=O)c3ccccc3C2=O)c1C. The molecule has 0 fully saturated rings. The zero-order valence-corrected chi connectivity index (χ0v) is 14.6. The molecule has 130 valence electrons. The molecule has 1 heterocycles. The van der Waals surface area contributed by atoms with Crippen molar-refractivity contribution >= 4 is 11.8 Å². The van der Waals surface area contributed by atoms with Gasteiger partial charge in [0.2, 0.25) is 0 Å². The van der Waals surface area contributed by atoms with Gasteiger partial charge in [-0.1, -0.05) is 24.3 Å². The summed E-state index contributed by atoms with van der Waals surface area (Å²) in [6.45, 7) is 5.83. The first-order valence-corrected chi connectivity index (χ1v) is 8.23. The first-order chi connectivity index (χ1) is 11.9. The van der Waals surface area contributed by atoms with E-state index in [1.165, 1.54) is 0 Å². The molecule has 2 amide bonds. The lowest BCUT2D eigenvalue weighted by Crippen LogP contribution is -2.39. The largest absolute Gasteiger partial charge is 0.490 e. The maximum absolute atomic E-state index is 12.3. The molecule has 1 aliphatic rings. The number of benzene rings is 2. The molecule has 1 N–H and O–H groups in total. The molecule has 2 aromatic carbocycles. The van der Waals surface area contributed by atoms with Gasteiger partial charge in [-0.05, 0) is 49.6 Å². The minimum absolute atomic E-state index is 0.0124. The predicted octanol–water partition coefficient (Wildman–Crippen LogP) is 2.65. The van der Waals surface area contributed by atoms with E-state index in [9.17, 15) is 14.7 Å². The highest BCUT2D eigenvalue weighted by atomic mass is 16.5. The third-order valence-electron chi connectivity index (χ3n) is 4.57. The Morgan fingerprint density at radius 1 is 0.960 bits per heavy atom. The number of aliphatic hydroxyl groups excluding tert-OH is 1. The minimum atomic E-state index is -0.957. The van der Waals surface area contributed by atoms with Gasteiger partial charge in [-0.25, -0.2) is 0 Å². The Morgan fingerprint density at radius 2 is 1.52 bits per heavy atom. The Kier molecular flexibility index (Phi) is 4.59. The fourth-order valence-corrected chi connectivity index (χ4v) is 3.00. The smallest absolute Gasteiger partial charge is 0.261 e. The van der Waals surface area contributed by atoms with E-state index in [0.29, 0.717) is 11.1 Å². The lowest BCUT2D eigenvalue weighted by atomic mass is 10.1. The highest BCUT2D eigenvalue weighted by Crippen LogP contribution is 2.26. The van der Waals surface area contributed by atoms with Crippen LogP contribution in [0.3, 0.4) is 0 Å². The van der Waals surface area contributed by atoms with E-state index in [-0.39, 0.29) is 25.0 Å². The number of carbonyl (C=O) groups excluding carboxylic acids is 2. The summed E-state index contributed by atoms with van der Waals surface area (Å²) in [6, 6.07) is 10.7. The third-order valence-corrected chi connectivity index (χ3v) is 4.57. The van der Waals surface area contributed by atoms with Gasteiger partial charge in [0, 0.05) is 0 Å². The molecule has 2 aromatic rings. The van der Waals surface area contributed by atoms with Crippen LogP contribution in [0, 0.1) is 20.8 Å². The fraction of sp³-hybridized carbons (Fsp3) is 0.300. The van der Waals surface area contributed by atoms with E-state index in [1.807, 2.05) is 32.9 Å². The number of amides is 2. The molecule has 1 unspecified atom stereocenters. The van der Waals surface area contributed by atoms with Gasteiger partial charge < -0.3 is 9.84 Å². The van der Waals surface area contributed by atoms with E-state index >= 15 is 0 Å². The van der Waals surface area contributed by atoms with Crippen molar-refractivity contribution in [2.24, 2.45) is 0 Å². The number of rotatable bonds is 5. The number of β-amino-alcohol motifs (C(OH)–C–C–N with tert-alkyl or cyclic N) is 1. The molecule has 0 saturated heterocycles. The maximum atomic E-state index is 12.3. The number of aliphatic hydroxyl groups is 1. The second kappa shape index (κ2) is 6.69. The number of hydrogen-bond acceptors (Lipinski definition) is 4. The maximum Gasteiger partial charge on any atom is 0.261 e. The van der Waals surface area contributed by atoms with Crippen molar-refractivity contribution < 1.29 is 19.4 Å². The Morgan fingerprint density at radius 3 is 2.12 bits per heavy atom. The zero-order chi connectivity index (χ0) is 18.1. The van der Waals surface area contributed by atoms with Crippen LogP contribution in [0.1, 0.15) is 37.4 Å². The van der Waals surface area contributed by atoms with Gasteiger partial charge in [-0.2, -0.15) is 0 Å². The number of hydrogen-bond donors (Lipinski definition) is 1. The van der Waals surface area contributed by atoms with Gasteiger partial charge in [-0.3, -0.25) is 14.5 Å². The molecule has 0 bridgehead atoms. The number of ether oxygens (including phenoxy) is 1. The molecule has 0 saturated carbocycles. The lowest BCUT2D eigenvalue weighted by molar-refractivity contribution is 0.0455. The first-order valence-electron chi connectivity index (χ1n) is 8.23. The molecule has 5 heteroatoms. The number of imide groups is 1. The number of fused-ring (bicyclic) bond motifs is 1. The van der Waals surface area contributed by atoms with E-state index in [2.05, 4.69) is 0 Å². The number of nitrogens with zero attached hydrogens (tertiary/aromatic N) is 1. The zero-order valence-electron chi connectivity index (χ0n) is 14.6. The van der Waals surface area contributed by atoms with Crippen molar-refractivity contribution in [1.29, 1.82) is 0 Å². The molecule has 0 spiro atoms. The number of carbonyl (C=O) groups is 2. The summed E-state index contributed by atoms with van der Waals surface area (Å²) in [5.41, 5.74) is 3.87. The van der Waals surface area contributed by atoms with Crippen molar-refractivity contribution in [3.05, 3.63) is 64.2 Å². The van der Waals surface area contributed by atoms with Gasteiger partial charge in [0.1, 0.15) is 18.5 Å². The molecule has 3 rings (SSSR count). The molecule has 0 aromatic heterocycles. The van der Waals surface area contributed by atoms with Crippen molar-refractivity contribution in [3.63, 3.8) is 0 Å². The van der Waals surface area contributed by atoms with Gasteiger partial charge in [-0.15, -0.1) is 0 Å². The standard InChI is InChI=1S/C20H21NO4/c1-12-8-9-13(2)18(14(12)3)25-11-15(22)10-21-19(23)16-6-4-5-7-17(16)20(21)24/h4-9,15,22H,10-11H2,1-3H3. The van der Waals surface area contributed by atoms with Gasteiger partial charge in [0.15, 0.2) is 0 Å². The summed E-state index contributed by atoms with van der Waals surface area (Å²) in [4.78, 5) is 25.7. The summed E-state index contributed by atoms with van der Waals surface area (Å²) < 4.78 is 5.77. The Balaban J connectivity index is 1.67. The fourth-order valence-electron chi connectivity index (χ4n) is 3.00. The van der Waals surface area contributed by atoms with Crippen LogP contribution >= 0.6 is 0 Å². The minimum Gasteiger partial charge on any atom is -0.490 e. The van der Waals surface area contributed by atoms with Crippen LogP contribution in [0.2, 0.25) is 0 Å². The molecule has 0 aliphatic carbocycles. The third kappa shape index (κ3) is 3.15. The lowest BCUT2D eigenvalue weighted by Gasteiger charge is -2.20. The van der Waals surface area contributed by atoms with E-state index in [1.54, 1.807) is 24.3 Å². The second-order valence-electron chi connectivity index (χ2n) is 6.38. The summed E-state index contributed by atoms with van der Waals surface area (Å²) in [7, 11) is 0. The van der Waals surface area contributed by atoms with E-state index in [4.69, 9.17) is 4.74 Å². The Hall–Kier alpha value is -2.66. The molecule has 5 nitrogen and oxygen atoms in total. The molecule has 1 aliphatic heterocycles. The van der Waals surface area contributed by atoms with Crippen LogP contribution in [0.25, 0.3) is 0 Å².